The van der Waals surface area contributed by atoms with E-state index in [2.05, 4.69) is 4.98 Å². The van der Waals surface area contributed by atoms with E-state index in [1.54, 1.807) is 18.3 Å². The summed E-state index contributed by atoms with van der Waals surface area (Å²) < 4.78 is 5.12. The second-order valence-electron chi connectivity index (χ2n) is 1.95. The van der Waals surface area contributed by atoms with Gasteiger partial charge in [-0.2, -0.15) is 0 Å². The standard InChI is InChI=1S/C7H9ClN2O.2ClH/c8-6-1-3-10-7(5-6)11-4-2-9;;/h1,3,5H,2,4,9H2;2*1H. The van der Waals surface area contributed by atoms with Gasteiger partial charge in [0, 0.05) is 23.8 Å². The summed E-state index contributed by atoms with van der Waals surface area (Å²) in [6, 6.07) is 3.34. The van der Waals surface area contributed by atoms with Gasteiger partial charge in [0.05, 0.1) is 0 Å². The molecular weight excluding hydrogens is 234 g/mol. The SMILES string of the molecule is Cl.Cl.NCCOc1cc(Cl)ccn1. The van der Waals surface area contributed by atoms with Gasteiger partial charge in [0.15, 0.2) is 0 Å². The highest BCUT2D eigenvalue weighted by atomic mass is 35.5. The molecular formula is C7H11Cl3N2O. The molecule has 0 aliphatic rings. The Hall–Kier alpha value is -0.220. The van der Waals surface area contributed by atoms with Crippen LogP contribution in [0.5, 0.6) is 5.88 Å². The largest absolute Gasteiger partial charge is 0.476 e. The summed E-state index contributed by atoms with van der Waals surface area (Å²) in [6.07, 6.45) is 1.59. The average molecular weight is 246 g/mol. The second-order valence-corrected chi connectivity index (χ2v) is 2.39. The Morgan fingerprint density at radius 1 is 1.46 bits per heavy atom. The number of hydrogen-bond acceptors (Lipinski definition) is 3. The minimum absolute atomic E-state index is 0. The van der Waals surface area contributed by atoms with Crippen molar-refractivity contribution in [2.24, 2.45) is 5.73 Å². The zero-order chi connectivity index (χ0) is 8.10. The van der Waals surface area contributed by atoms with Gasteiger partial charge in [-0.1, -0.05) is 11.6 Å². The molecule has 0 aliphatic heterocycles. The van der Waals surface area contributed by atoms with Crippen molar-refractivity contribution in [2.75, 3.05) is 13.2 Å². The Morgan fingerprint density at radius 2 is 2.15 bits per heavy atom. The van der Waals surface area contributed by atoms with Crippen LogP contribution in [0, 0.1) is 0 Å². The molecule has 76 valence electrons. The van der Waals surface area contributed by atoms with Crippen LogP contribution in [0.1, 0.15) is 0 Å². The van der Waals surface area contributed by atoms with Gasteiger partial charge in [-0.3, -0.25) is 0 Å². The molecule has 0 atom stereocenters. The molecule has 0 saturated heterocycles. The summed E-state index contributed by atoms with van der Waals surface area (Å²) in [4.78, 5) is 3.91. The normalized spacial score (nSPS) is 8.15. The summed E-state index contributed by atoms with van der Waals surface area (Å²) in [5, 5.41) is 0.618. The smallest absolute Gasteiger partial charge is 0.214 e. The zero-order valence-electron chi connectivity index (χ0n) is 6.77. The van der Waals surface area contributed by atoms with Gasteiger partial charge in [0.2, 0.25) is 5.88 Å². The van der Waals surface area contributed by atoms with Gasteiger partial charge >= 0.3 is 0 Å². The van der Waals surface area contributed by atoms with E-state index in [1.807, 2.05) is 0 Å². The van der Waals surface area contributed by atoms with Crippen molar-refractivity contribution in [1.82, 2.24) is 4.98 Å². The Labute approximate surface area is 94.4 Å². The van der Waals surface area contributed by atoms with Crippen LogP contribution in [-0.4, -0.2) is 18.1 Å². The third kappa shape index (κ3) is 5.93. The van der Waals surface area contributed by atoms with Gasteiger partial charge in [0.1, 0.15) is 6.61 Å². The maximum atomic E-state index is 5.67. The molecule has 1 rings (SSSR count). The first-order valence-electron chi connectivity index (χ1n) is 3.27. The molecule has 0 saturated carbocycles. The summed E-state index contributed by atoms with van der Waals surface area (Å²) in [6.45, 7) is 0.946. The van der Waals surface area contributed by atoms with Crippen LogP contribution in [0.2, 0.25) is 5.02 Å². The van der Waals surface area contributed by atoms with E-state index < -0.39 is 0 Å². The number of pyridine rings is 1. The van der Waals surface area contributed by atoms with E-state index >= 15 is 0 Å². The Bertz CT molecular complexity index is 235. The van der Waals surface area contributed by atoms with Crippen molar-refractivity contribution in [3.8, 4) is 5.88 Å². The molecule has 0 aromatic carbocycles. The fraction of sp³-hybridized carbons (Fsp3) is 0.286. The van der Waals surface area contributed by atoms with Gasteiger partial charge in [-0.15, -0.1) is 24.8 Å². The average Bonchev–Trinajstić information content (AvgIpc) is 2.01. The van der Waals surface area contributed by atoms with Crippen LogP contribution in [0.4, 0.5) is 0 Å². The van der Waals surface area contributed by atoms with Gasteiger partial charge in [-0.05, 0) is 6.07 Å². The molecule has 3 nitrogen and oxygen atoms in total. The molecule has 0 aliphatic carbocycles. The molecule has 0 fully saturated rings. The maximum Gasteiger partial charge on any atom is 0.214 e. The van der Waals surface area contributed by atoms with Crippen molar-refractivity contribution >= 4 is 36.4 Å². The zero-order valence-corrected chi connectivity index (χ0v) is 9.16. The van der Waals surface area contributed by atoms with Crippen LogP contribution >= 0.6 is 36.4 Å². The van der Waals surface area contributed by atoms with Crippen LogP contribution in [-0.2, 0) is 0 Å². The molecule has 6 heteroatoms. The van der Waals surface area contributed by atoms with E-state index in [-0.39, 0.29) is 24.8 Å². The van der Waals surface area contributed by atoms with Crippen molar-refractivity contribution in [2.45, 2.75) is 0 Å². The predicted octanol–water partition coefficient (Wildman–Crippen LogP) is 1.92. The molecule has 0 spiro atoms. The molecule has 0 unspecified atom stereocenters. The molecule has 1 heterocycles. The number of ether oxygens (including phenoxy) is 1. The van der Waals surface area contributed by atoms with Crippen LogP contribution in [0.25, 0.3) is 0 Å². The first-order chi connectivity index (χ1) is 5.33. The van der Waals surface area contributed by atoms with E-state index in [0.717, 1.165) is 0 Å². The summed E-state index contributed by atoms with van der Waals surface area (Å²) in [5.74, 6) is 0.517. The fourth-order valence-electron chi connectivity index (χ4n) is 0.628. The molecule has 1 aromatic rings. The van der Waals surface area contributed by atoms with Crippen LogP contribution in [0.15, 0.2) is 18.3 Å². The molecule has 0 amide bonds. The van der Waals surface area contributed by atoms with E-state index in [9.17, 15) is 0 Å². The molecule has 1 aromatic heterocycles. The lowest BCUT2D eigenvalue weighted by Gasteiger charge is -2.01. The third-order valence-electron chi connectivity index (χ3n) is 1.06. The van der Waals surface area contributed by atoms with E-state index in [0.29, 0.717) is 24.1 Å². The van der Waals surface area contributed by atoms with Gasteiger partial charge in [0.25, 0.3) is 0 Å². The number of aromatic nitrogens is 1. The van der Waals surface area contributed by atoms with Crippen LogP contribution < -0.4 is 10.5 Å². The molecule has 0 bridgehead atoms. The number of halogens is 3. The maximum absolute atomic E-state index is 5.67. The van der Waals surface area contributed by atoms with E-state index in [1.165, 1.54) is 0 Å². The molecule has 2 N–H and O–H groups in total. The van der Waals surface area contributed by atoms with Crippen molar-refractivity contribution in [3.63, 3.8) is 0 Å². The first-order valence-corrected chi connectivity index (χ1v) is 3.65. The molecule has 0 radical (unpaired) electrons. The minimum Gasteiger partial charge on any atom is -0.476 e. The van der Waals surface area contributed by atoms with Gasteiger partial charge in [-0.25, -0.2) is 4.98 Å². The lowest BCUT2D eigenvalue weighted by atomic mass is 10.5. The van der Waals surface area contributed by atoms with Crippen LogP contribution in [0.3, 0.4) is 0 Å². The van der Waals surface area contributed by atoms with Crippen molar-refractivity contribution in [1.29, 1.82) is 0 Å². The van der Waals surface area contributed by atoms with Gasteiger partial charge < -0.3 is 10.5 Å². The summed E-state index contributed by atoms with van der Waals surface area (Å²) >= 11 is 5.67. The minimum atomic E-state index is 0. The Morgan fingerprint density at radius 3 is 2.69 bits per heavy atom. The highest BCUT2D eigenvalue weighted by Gasteiger charge is 1.93. The number of nitrogens with two attached hydrogens (primary N) is 1. The highest BCUT2D eigenvalue weighted by molar-refractivity contribution is 6.30. The third-order valence-corrected chi connectivity index (χ3v) is 1.30. The number of hydrogen-bond donors (Lipinski definition) is 1. The Kier molecular flexibility index (Phi) is 9.84. The summed E-state index contributed by atoms with van der Waals surface area (Å²) in [7, 11) is 0. The Balaban J connectivity index is 0. The van der Waals surface area contributed by atoms with Crippen molar-refractivity contribution in [3.05, 3.63) is 23.4 Å². The van der Waals surface area contributed by atoms with Crippen molar-refractivity contribution < 1.29 is 4.74 Å². The molecule has 13 heavy (non-hydrogen) atoms. The highest BCUT2D eigenvalue weighted by Crippen LogP contribution is 2.13. The quantitative estimate of drug-likeness (QED) is 0.885. The number of nitrogens with zero attached hydrogens (tertiary/aromatic N) is 1. The fourth-order valence-corrected chi connectivity index (χ4v) is 0.777. The lowest BCUT2D eigenvalue weighted by Crippen LogP contribution is -2.11. The first kappa shape index (κ1) is 15.3. The topological polar surface area (TPSA) is 48.1 Å². The second kappa shape index (κ2) is 8.38. The van der Waals surface area contributed by atoms with E-state index in [4.69, 9.17) is 22.1 Å². The monoisotopic (exact) mass is 244 g/mol. The predicted molar refractivity (Wildman–Crippen MR) is 58.3 cm³/mol. The number of rotatable bonds is 3. The lowest BCUT2D eigenvalue weighted by molar-refractivity contribution is 0.315. The summed E-state index contributed by atoms with van der Waals surface area (Å²) in [5.41, 5.74) is 5.23.